The van der Waals surface area contributed by atoms with Crippen LogP contribution in [0.15, 0.2) is 0 Å². The molecule has 0 spiro atoms. The lowest BCUT2D eigenvalue weighted by Gasteiger charge is -2.30. The van der Waals surface area contributed by atoms with Crippen LogP contribution < -0.4 is 44.6 Å². The average Bonchev–Trinajstić information content (AvgIpc) is 3.21. The van der Waals surface area contributed by atoms with Gasteiger partial charge in [0, 0.05) is 63.1 Å². The number of hydrogen-bond acceptors (Lipinski definition) is 14. The Labute approximate surface area is 389 Å². The van der Waals surface area contributed by atoms with Gasteiger partial charge in [0.15, 0.2) is 5.78 Å². The quantitative estimate of drug-likeness (QED) is 0.0212. The van der Waals surface area contributed by atoms with Gasteiger partial charge < -0.3 is 64.4 Å². The second-order valence-electron chi connectivity index (χ2n) is 16.8. The molecule has 0 aromatic rings. The lowest BCUT2D eigenvalue weighted by Crippen LogP contribution is -2.54. The van der Waals surface area contributed by atoms with Crippen LogP contribution in [0.3, 0.4) is 0 Å². The Morgan fingerprint density at radius 1 is 0.567 bits per heavy atom. The molecule has 0 saturated carbocycles. The molecule has 0 heterocycles. The smallest absolute Gasteiger partial charge is 0.407 e. The normalized spacial score (nSPS) is 13.1. The Morgan fingerprint density at radius 2 is 0.985 bits per heavy atom. The monoisotopic (exact) mass is 955 g/mol. The molecule has 11 amide bonds. The predicted octanol–water partition coefficient (Wildman–Crippen LogP) is -4.21. The molecule has 0 aromatic carbocycles. The molecule has 0 rings (SSSR count). The minimum absolute atomic E-state index is 0.134. The Balaban J connectivity index is 6.41. The van der Waals surface area contributed by atoms with Crippen molar-refractivity contribution in [2.45, 2.75) is 117 Å². The van der Waals surface area contributed by atoms with Crippen LogP contribution in [0, 0.1) is 11.8 Å². The van der Waals surface area contributed by atoms with Crippen molar-refractivity contribution in [2.24, 2.45) is 40.5 Å². The van der Waals surface area contributed by atoms with Crippen LogP contribution in [0.5, 0.6) is 0 Å². The van der Waals surface area contributed by atoms with Crippen molar-refractivity contribution in [1.29, 1.82) is 0 Å². The zero-order valence-electron chi connectivity index (χ0n) is 39.0. The highest BCUT2D eigenvalue weighted by Gasteiger charge is 2.30. The van der Waals surface area contributed by atoms with Crippen molar-refractivity contribution in [2.75, 3.05) is 52.4 Å². The van der Waals surface area contributed by atoms with Gasteiger partial charge in [0.1, 0.15) is 18.6 Å². The zero-order chi connectivity index (χ0) is 51.6. The van der Waals surface area contributed by atoms with E-state index < -0.39 is 160 Å². The molecule has 0 aromatic heterocycles. The van der Waals surface area contributed by atoms with Gasteiger partial charge in [-0.15, -0.1) is 0 Å². The van der Waals surface area contributed by atoms with Crippen molar-refractivity contribution < 1.29 is 67.4 Å². The molecular weight excluding hydrogens is 885 g/mol. The maximum Gasteiger partial charge on any atom is 0.407 e. The van der Waals surface area contributed by atoms with Gasteiger partial charge in [-0.25, -0.2) is 4.79 Å². The zero-order valence-corrected chi connectivity index (χ0v) is 39.0. The van der Waals surface area contributed by atoms with E-state index in [4.69, 9.17) is 28.7 Å². The number of ketones is 2. The number of carbonyl (C=O) groups excluding carboxylic acids is 12. The third kappa shape index (κ3) is 27.4. The van der Waals surface area contributed by atoms with E-state index >= 15 is 0 Å². The summed E-state index contributed by atoms with van der Waals surface area (Å²) < 4.78 is 0. The second kappa shape index (κ2) is 31.2. The molecule has 0 aliphatic carbocycles. The first-order valence-corrected chi connectivity index (χ1v) is 21.7. The minimum atomic E-state index is -1.41. The summed E-state index contributed by atoms with van der Waals surface area (Å²) in [5.41, 5.74) is 27.2. The van der Waals surface area contributed by atoms with Crippen LogP contribution in [-0.2, 0) is 57.5 Å². The van der Waals surface area contributed by atoms with Crippen molar-refractivity contribution in [3.8, 4) is 0 Å². The number of nitrogens with two attached hydrogens (primary N) is 5. The largest absolute Gasteiger partial charge is 0.465 e. The highest BCUT2D eigenvalue weighted by Crippen LogP contribution is 2.11. The van der Waals surface area contributed by atoms with Crippen LogP contribution in [-0.4, -0.2) is 178 Å². The molecule has 0 aliphatic rings. The lowest BCUT2D eigenvalue weighted by atomic mass is 9.97. The van der Waals surface area contributed by atoms with Crippen LogP contribution in [0.4, 0.5) is 4.79 Å². The number of nitrogens with zero attached hydrogens (tertiary/aromatic N) is 4. The number of primary amides is 4. The molecule has 0 radical (unpaired) electrons. The summed E-state index contributed by atoms with van der Waals surface area (Å²) in [5, 5.41) is 17.4. The molecule has 26 nitrogen and oxygen atoms in total. The molecular formula is C41H70N12O14. The van der Waals surface area contributed by atoms with E-state index in [1.165, 1.54) is 6.92 Å². The fourth-order valence-corrected chi connectivity index (χ4v) is 6.51. The predicted molar refractivity (Wildman–Crippen MR) is 238 cm³/mol. The van der Waals surface area contributed by atoms with Crippen LogP contribution >= 0.6 is 0 Å². The number of hydrogen-bond donors (Lipinski definition) is 9. The van der Waals surface area contributed by atoms with E-state index in [9.17, 15) is 67.4 Å². The van der Waals surface area contributed by atoms with Crippen molar-refractivity contribution in [3.05, 3.63) is 0 Å². The topological polar surface area (TPSA) is 421 Å². The van der Waals surface area contributed by atoms with Crippen LogP contribution in [0.25, 0.3) is 0 Å². The molecule has 1 unspecified atom stereocenters. The number of carboxylic acid groups (broad SMARTS) is 1. The van der Waals surface area contributed by atoms with Gasteiger partial charge in [-0.2, -0.15) is 0 Å². The van der Waals surface area contributed by atoms with Gasteiger partial charge in [-0.05, 0) is 44.9 Å². The highest BCUT2D eigenvalue weighted by molar-refractivity contribution is 5.98. The number of Topliss-reactive ketones (excluding diaryl/α,β-unsaturated/α-hetero) is 2. The van der Waals surface area contributed by atoms with Crippen molar-refractivity contribution >= 4 is 77.2 Å². The molecule has 5 atom stereocenters. The molecule has 378 valence electrons. The fourth-order valence-electron chi connectivity index (χ4n) is 6.51. The fraction of sp³-hybridized carbons (Fsp3) is 0.683. The third-order valence-electron chi connectivity index (χ3n) is 10.1. The SMILES string of the molecule is CCC(C)C(=O)[C@H](N)CN(CC(=O)N[C@@H](CCC(N)=O)CN(C=O)CC(=O)N[C@@H](CCC(N)=O)CN(CC(=O)N[C@@H](CCC(C)C)CN(CC(C)=O)C(=O)O)C(=O)CC(N)=O)C(=O)CC(N)=O. The summed E-state index contributed by atoms with van der Waals surface area (Å²) in [7, 11) is 0. The molecule has 0 aliphatic heterocycles. The Hall–Kier alpha value is -6.73. The molecule has 26 heteroatoms. The Bertz CT molecular complexity index is 1780. The van der Waals surface area contributed by atoms with E-state index in [-0.39, 0.29) is 51.0 Å². The number of amides is 11. The standard InChI is InChI=1S/C41H70N12O14/c1-6-25(4)40(65)30(42)19-52(39(64)14-34(46)59)22-37(62)47-27(9-11-31(43)56)16-50(23-54)20-35(60)48-29(10-12-32(44)57)17-51(38(63)13-33(45)58)21-36(61)49-28(8-7-24(2)3)18-53(41(66)67)15-26(5)55/h23-25,27-30H,6-22,42H2,1-5H3,(H2,43,56)(H2,44,57)(H2,45,58)(H2,46,59)(H,47,62)(H,48,60)(H,49,61)(H,66,67)/t25?,27-,28-,29-,30+/m0/s1. The summed E-state index contributed by atoms with van der Waals surface area (Å²) in [6.45, 7) is 4.10. The van der Waals surface area contributed by atoms with Crippen LogP contribution in [0.1, 0.15) is 92.4 Å². The number of rotatable bonds is 36. The maximum absolute atomic E-state index is 13.5. The van der Waals surface area contributed by atoms with E-state index in [2.05, 4.69) is 16.0 Å². The summed E-state index contributed by atoms with van der Waals surface area (Å²) in [6.07, 6.45) is -2.62. The summed E-state index contributed by atoms with van der Waals surface area (Å²) >= 11 is 0. The van der Waals surface area contributed by atoms with Gasteiger partial charge in [-0.1, -0.05) is 27.7 Å². The van der Waals surface area contributed by atoms with E-state index in [1.807, 2.05) is 13.8 Å². The molecule has 67 heavy (non-hydrogen) atoms. The number of nitrogens with one attached hydrogen (secondary N) is 3. The molecule has 0 saturated heterocycles. The Kier molecular flexibility index (Phi) is 28.1. The molecule has 0 bridgehead atoms. The van der Waals surface area contributed by atoms with Crippen molar-refractivity contribution in [1.82, 2.24) is 35.6 Å². The molecule has 0 fully saturated rings. The minimum Gasteiger partial charge on any atom is -0.465 e. The molecule has 14 N–H and O–H groups in total. The summed E-state index contributed by atoms with van der Waals surface area (Å²) in [4.78, 5) is 165. The third-order valence-corrected chi connectivity index (χ3v) is 10.1. The van der Waals surface area contributed by atoms with Crippen LogP contribution in [0.2, 0.25) is 0 Å². The first-order valence-electron chi connectivity index (χ1n) is 21.7. The summed E-state index contributed by atoms with van der Waals surface area (Å²) in [5.74, 6) is -9.28. The van der Waals surface area contributed by atoms with Gasteiger partial charge in [0.25, 0.3) is 0 Å². The van der Waals surface area contributed by atoms with Gasteiger partial charge >= 0.3 is 6.09 Å². The highest BCUT2D eigenvalue weighted by atomic mass is 16.4. The first kappa shape index (κ1) is 60.3. The lowest BCUT2D eigenvalue weighted by molar-refractivity contribution is -0.140. The maximum atomic E-state index is 13.5. The summed E-state index contributed by atoms with van der Waals surface area (Å²) in [6, 6.07) is -4.27. The van der Waals surface area contributed by atoms with Gasteiger partial charge in [0.2, 0.25) is 59.6 Å². The van der Waals surface area contributed by atoms with Crippen molar-refractivity contribution in [3.63, 3.8) is 0 Å². The van der Waals surface area contributed by atoms with E-state index in [0.29, 0.717) is 12.8 Å². The number of carbonyl (C=O) groups is 13. The van der Waals surface area contributed by atoms with E-state index in [0.717, 1.165) is 19.6 Å². The first-order chi connectivity index (χ1) is 31.2. The van der Waals surface area contributed by atoms with Gasteiger partial charge in [0.05, 0.1) is 32.2 Å². The average molecular weight is 955 g/mol. The van der Waals surface area contributed by atoms with Gasteiger partial charge in [-0.3, -0.25) is 62.4 Å². The Morgan fingerprint density at radius 3 is 1.37 bits per heavy atom. The van der Waals surface area contributed by atoms with E-state index in [1.54, 1.807) is 13.8 Å². The second-order valence-corrected chi connectivity index (χ2v) is 16.8.